The van der Waals surface area contributed by atoms with Crippen LogP contribution < -0.4 is 5.32 Å². The van der Waals surface area contributed by atoms with Gasteiger partial charge in [0.1, 0.15) is 11.7 Å². The van der Waals surface area contributed by atoms with E-state index in [1.54, 1.807) is 12.4 Å². The Balaban J connectivity index is 2.39. The summed E-state index contributed by atoms with van der Waals surface area (Å²) in [6, 6.07) is 0. The highest BCUT2D eigenvalue weighted by Gasteiger charge is 2.19. The van der Waals surface area contributed by atoms with Crippen molar-refractivity contribution in [3.63, 3.8) is 0 Å². The molecule has 1 aromatic rings. The van der Waals surface area contributed by atoms with Gasteiger partial charge in [-0.15, -0.1) is 0 Å². The first-order valence-corrected chi connectivity index (χ1v) is 4.10. The molecule has 1 rings (SSSR count). The van der Waals surface area contributed by atoms with E-state index in [4.69, 9.17) is 5.11 Å². The van der Waals surface area contributed by atoms with E-state index in [0.29, 0.717) is 5.82 Å². The number of H-pyrrole nitrogens is 1. The first-order valence-electron chi connectivity index (χ1n) is 4.10. The fourth-order valence-corrected chi connectivity index (χ4v) is 0.831. The number of amides is 1. The van der Waals surface area contributed by atoms with E-state index in [9.17, 15) is 9.59 Å². The molecule has 0 saturated carbocycles. The topological polar surface area (TPSA) is 95.1 Å². The second kappa shape index (κ2) is 4.40. The molecule has 0 aromatic carbocycles. The number of carboxylic acids is 1. The zero-order chi connectivity index (χ0) is 10.6. The predicted molar refractivity (Wildman–Crippen MR) is 47.2 cm³/mol. The monoisotopic (exact) mass is 197 g/mol. The third-order valence-electron chi connectivity index (χ3n) is 1.75. The van der Waals surface area contributed by atoms with Gasteiger partial charge >= 0.3 is 5.97 Å². The van der Waals surface area contributed by atoms with Crippen LogP contribution in [-0.2, 0) is 16.1 Å². The molecule has 1 heterocycles. The van der Waals surface area contributed by atoms with Crippen molar-refractivity contribution in [3.05, 3.63) is 18.2 Å². The van der Waals surface area contributed by atoms with E-state index in [2.05, 4.69) is 15.3 Å². The van der Waals surface area contributed by atoms with Gasteiger partial charge in [-0.2, -0.15) is 0 Å². The van der Waals surface area contributed by atoms with Crippen LogP contribution in [0.25, 0.3) is 0 Å². The number of hydrogen-bond acceptors (Lipinski definition) is 3. The molecule has 0 radical (unpaired) electrons. The van der Waals surface area contributed by atoms with E-state index in [1.165, 1.54) is 6.92 Å². The predicted octanol–water partition coefficient (Wildman–Crippen LogP) is -0.253. The average Bonchev–Trinajstić information content (AvgIpc) is 2.65. The molecule has 0 aliphatic heterocycles. The van der Waals surface area contributed by atoms with Crippen molar-refractivity contribution in [3.8, 4) is 0 Å². The zero-order valence-corrected chi connectivity index (χ0v) is 7.65. The van der Waals surface area contributed by atoms with Gasteiger partial charge in [-0.25, -0.2) is 4.98 Å². The van der Waals surface area contributed by atoms with Crippen LogP contribution in [0.4, 0.5) is 0 Å². The zero-order valence-electron chi connectivity index (χ0n) is 7.65. The van der Waals surface area contributed by atoms with Crippen molar-refractivity contribution >= 4 is 11.9 Å². The maximum Gasteiger partial charge on any atom is 0.315 e. The van der Waals surface area contributed by atoms with E-state index >= 15 is 0 Å². The summed E-state index contributed by atoms with van der Waals surface area (Å²) >= 11 is 0. The molecule has 3 N–H and O–H groups in total. The Bertz CT molecular complexity index is 321. The highest BCUT2D eigenvalue weighted by molar-refractivity contribution is 5.96. The Hall–Kier alpha value is -1.85. The maximum absolute atomic E-state index is 11.1. The van der Waals surface area contributed by atoms with Gasteiger partial charge in [-0.1, -0.05) is 0 Å². The maximum atomic E-state index is 11.1. The summed E-state index contributed by atoms with van der Waals surface area (Å²) in [6.45, 7) is 1.54. The van der Waals surface area contributed by atoms with E-state index in [-0.39, 0.29) is 6.54 Å². The second-order valence-corrected chi connectivity index (χ2v) is 2.81. The Morgan fingerprint density at radius 2 is 2.43 bits per heavy atom. The van der Waals surface area contributed by atoms with Crippen molar-refractivity contribution < 1.29 is 14.7 Å². The van der Waals surface area contributed by atoms with Gasteiger partial charge < -0.3 is 15.4 Å². The number of nitrogens with zero attached hydrogens (tertiary/aromatic N) is 1. The number of carbonyl (C=O) groups excluding carboxylic acids is 1. The Kier molecular flexibility index (Phi) is 3.22. The van der Waals surface area contributed by atoms with Crippen molar-refractivity contribution in [2.24, 2.45) is 5.92 Å². The SMILES string of the molecule is CC(C(=O)O)C(=O)NCc1ncc[nH]1. The summed E-state index contributed by atoms with van der Waals surface area (Å²) in [7, 11) is 0. The Labute approximate surface area is 80.4 Å². The van der Waals surface area contributed by atoms with Crippen LogP contribution in [0.2, 0.25) is 0 Å². The minimum Gasteiger partial charge on any atom is -0.481 e. The van der Waals surface area contributed by atoms with Gasteiger partial charge in [0.25, 0.3) is 0 Å². The third-order valence-corrected chi connectivity index (χ3v) is 1.75. The number of hydrogen-bond donors (Lipinski definition) is 3. The smallest absolute Gasteiger partial charge is 0.315 e. The van der Waals surface area contributed by atoms with Crippen LogP contribution in [0.1, 0.15) is 12.7 Å². The van der Waals surface area contributed by atoms with Gasteiger partial charge in [0, 0.05) is 12.4 Å². The number of carbonyl (C=O) groups is 2. The molecule has 14 heavy (non-hydrogen) atoms. The molecule has 6 nitrogen and oxygen atoms in total. The number of nitrogens with one attached hydrogen (secondary N) is 2. The van der Waals surface area contributed by atoms with E-state index < -0.39 is 17.8 Å². The lowest BCUT2D eigenvalue weighted by atomic mass is 10.2. The second-order valence-electron chi connectivity index (χ2n) is 2.81. The van der Waals surface area contributed by atoms with E-state index in [1.807, 2.05) is 0 Å². The fourth-order valence-electron chi connectivity index (χ4n) is 0.831. The van der Waals surface area contributed by atoms with Crippen molar-refractivity contribution in [2.45, 2.75) is 13.5 Å². The summed E-state index contributed by atoms with van der Waals surface area (Å²) in [6.07, 6.45) is 3.18. The number of carboxylic acid groups (broad SMARTS) is 1. The standard InChI is InChI=1S/C8H11N3O3/c1-5(8(13)14)7(12)11-4-6-9-2-3-10-6/h2-3,5H,4H2,1H3,(H,9,10)(H,11,12)(H,13,14). The summed E-state index contributed by atoms with van der Waals surface area (Å²) in [5, 5.41) is 11.0. The largest absolute Gasteiger partial charge is 0.481 e. The Morgan fingerprint density at radius 3 is 2.93 bits per heavy atom. The molecule has 0 spiro atoms. The number of rotatable bonds is 4. The quantitative estimate of drug-likeness (QED) is 0.580. The van der Waals surface area contributed by atoms with Crippen molar-refractivity contribution in [1.82, 2.24) is 15.3 Å². The molecule has 1 unspecified atom stereocenters. The number of aromatic amines is 1. The normalized spacial score (nSPS) is 12.1. The van der Waals surface area contributed by atoms with Gasteiger partial charge in [0.2, 0.25) is 5.91 Å². The molecule has 0 bridgehead atoms. The lowest BCUT2D eigenvalue weighted by Gasteiger charge is -2.06. The molecule has 1 amide bonds. The van der Waals surface area contributed by atoms with Gasteiger partial charge in [0.05, 0.1) is 6.54 Å². The minimum absolute atomic E-state index is 0.212. The molecule has 1 aromatic heterocycles. The average molecular weight is 197 g/mol. The highest BCUT2D eigenvalue weighted by atomic mass is 16.4. The summed E-state index contributed by atoms with van der Waals surface area (Å²) in [4.78, 5) is 28.2. The van der Waals surface area contributed by atoms with Crippen LogP contribution in [0, 0.1) is 5.92 Å². The van der Waals surface area contributed by atoms with Crippen LogP contribution >= 0.6 is 0 Å². The van der Waals surface area contributed by atoms with Gasteiger partial charge in [-0.3, -0.25) is 9.59 Å². The number of aliphatic carboxylic acids is 1. The van der Waals surface area contributed by atoms with Crippen molar-refractivity contribution in [1.29, 1.82) is 0 Å². The molecule has 1 atom stereocenters. The molecule has 0 fully saturated rings. The van der Waals surface area contributed by atoms with Crippen LogP contribution in [0.5, 0.6) is 0 Å². The molecular weight excluding hydrogens is 186 g/mol. The first kappa shape index (κ1) is 10.2. The number of aromatic nitrogens is 2. The van der Waals surface area contributed by atoms with Crippen LogP contribution in [-0.4, -0.2) is 27.0 Å². The van der Waals surface area contributed by atoms with Gasteiger partial charge in [-0.05, 0) is 6.92 Å². The lowest BCUT2D eigenvalue weighted by molar-refractivity contribution is -0.146. The third kappa shape index (κ3) is 2.58. The van der Waals surface area contributed by atoms with E-state index in [0.717, 1.165) is 0 Å². The molecule has 76 valence electrons. The molecule has 6 heteroatoms. The fraction of sp³-hybridized carbons (Fsp3) is 0.375. The highest BCUT2D eigenvalue weighted by Crippen LogP contribution is 1.95. The molecule has 0 aliphatic rings. The first-order chi connectivity index (χ1) is 6.61. The van der Waals surface area contributed by atoms with Crippen LogP contribution in [0.3, 0.4) is 0 Å². The molecule has 0 aliphatic carbocycles. The molecular formula is C8H11N3O3. The minimum atomic E-state index is -1.14. The Morgan fingerprint density at radius 1 is 1.71 bits per heavy atom. The van der Waals surface area contributed by atoms with Crippen molar-refractivity contribution in [2.75, 3.05) is 0 Å². The summed E-state index contributed by atoms with van der Waals surface area (Å²) in [5.41, 5.74) is 0. The molecule has 0 saturated heterocycles. The van der Waals surface area contributed by atoms with Gasteiger partial charge in [0.15, 0.2) is 0 Å². The number of imidazole rings is 1. The summed E-state index contributed by atoms with van der Waals surface area (Å²) in [5.74, 6) is -2.10. The lowest BCUT2D eigenvalue weighted by Crippen LogP contribution is -2.33. The van der Waals surface area contributed by atoms with Crippen LogP contribution in [0.15, 0.2) is 12.4 Å². The summed E-state index contributed by atoms with van der Waals surface area (Å²) < 4.78 is 0.